The Bertz CT molecular complexity index is 535. The lowest BCUT2D eigenvalue weighted by atomic mass is 10.1. The van der Waals surface area contributed by atoms with Gasteiger partial charge in [0, 0.05) is 23.6 Å². The highest BCUT2D eigenvalue weighted by Gasteiger charge is 2.12. The van der Waals surface area contributed by atoms with E-state index in [-0.39, 0.29) is 6.04 Å². The summed E-state index contributed by atoms with van der Waals surface area (Å²) < 4.78 is 0.868. The monoisotopic (exact) mass is 322 g/mol. The van der Waals surface area contributed by atoms with Gasteiger partial charge in [-0.2, -0.15) is 5.26 Å². The molecular weight excluding hydrogens is 308 g/mol. The zero-order valence-electron chi connectivity index (χ0n) is 10.8. The van der Waals surface area contributed by atoms with Crippen molar-refractivity contribution in [2.75, 3.05) is 11.9 Å². The second-order valence-electron chi connectivity index (χ2n) is 4.20. The largest absolute Gasteiger partial charge is 0.478 e. The summed E-state index contributed by atoms with van der Waals surface area (Å²) in [5.74, 6) is -0.972. The molecule has 1 rings (SSSR count). The van der Waals surface area contributed by atoms with Gasteiger partial charge in [0.05, 0.1) is 18.2 Å². The number of hydrogen-bond acceptors (Lipinski definition) is 3. The van der Waals surface area contributed by atoms with E-state index in [4.69, 9.17) is 10.4 Å². The molecule has 1 N–H and O–H groups in total. The molecular formula is C14H15BrN2O2. The van der Waals surface area contributed by atoms with Crippen LogP contribution in [0.15, 0.2) is 28.7 Å². The summed E-state index contributed by atoms with van der Waals surface area (Å²) in [5, 5.41) is 17.3. The van der Waals surface area contributed by atoms with Crippen LogP contribution in [0.3, 0.4) is 0 Å². The first-order valence-corrected chi connectivity index (χ1v) is 6.55. The molecule has 0 saturated carbocycles. The van der Waals surface area contributed by atoms with Crippen molar-refractivity contribution in [3.05, 3.63) is 34.3 Å². The maximum atomic E-state index is 10.5. The van der Waals surface area contributed by atoms with Crippen LogP contribution in [0.25, 0.3) is 6.08 Å². The number of aliphatic carboxylic acids is 1. The van der Waals surface area contributed by atoms with Crippen LogP contribution in [0, 0.1) is 11.3 Å². The van der Waals surface area contributed by atoms with Crippen molar-refractivity contribution in [2.24, 2.45) is 0 Å². The van der Waals surface area contributed by atoms with E-state index in [1.165, 1.54) is 6.08 Å². The molecule has 1 aromatic rings. The summed E-state index contributed by atoms with van der Waals surface area (Å²) >= 11 is 3.47. The molecule has 100 valence electrons. The number of rotatable bonds is 5. The Morgan fingerprint density at radius 2 is 2.32 bits per heavy atom. The maximum Gasteiger partial charge on any atom is 0.328 e. The van der Waals surface area contributed by atoms with E-state index in [9.17, 15) is 4.79 Å². The van der Waals surface area contributed by atoms with E-state index in [1.807, 2.05) is 37.1 Å². The predicted molar refractivity (Wildman–Crippen MR) is 78.9 cm³/mol. The fourth-order valence-corrected chi connectivity index (χ4v) is 2.26. The Morgan fingerprint density at radius 3 is 2.84 bits per heavy atom. The second-order valence-corrected chi connectivity index (χ2v) is 5.06. The van der Waals surface area contributed by atoms with Gasteiger partial charge in [0.1, 0.15) is 0 Å². The molecule has 0 fully saturated rings. The van der Waals surface area contributed by atoms with Crippen LogP contribution >= 0.6 is 15.9 Å². The van der Waals surface area contributed by atoms with Crippen molar-refractivity contribution in [3.63, 3.8) is 0 Å². The van der Waals surface area contributed by atoms with Crippen LogP contribution in [-0.2, 0) is 4.79 Å². The van der Waals surface area contributed by atoms with Crippen molar-refractivity contribution >= 4 is 33.7 Å². The Hall–Kier alpha value is -1.80. The summed E-state index contributed by atoms with van der Waals surface area (Å²) in [5.41, 5.74) is 1.77. The minimum Gasteiger partial charge on any atom is -0.478 e. The van der Waals surface area contributed by atoms with Gasteiger partial charge in [0.25, 0.3) is 0 Å². The third-order valence-corrected chi connectivity index (χ3v) is 3.45. The molecule has 5 heteroatoms. The smallest absolute Gasteiger partial charge is 0.328 e. The Labute approximate surface area is 121 Å². The lowest BCUT2D eigenvalue weighted by Gasteiger charge is -2.26. The minimum absolute atomic E-state index is 0.113. The van der Waals surface area contributed by atoms with Crippen molar-refractivity contribution in [1.29, 1.82) is 5.26 Å². The Balaban J connectivity index is 2.94. The average Bonchev–Trinajstić information content (AvgIpc) is 2.36. The van der Waals surface area contributed by atoms with Gasteiger partial charge in [0.15, 0.2) is 0 Å². The van der Waals surface area contributed by atoms with Crippen LogP contribution in [0.2, 0.25) is 0 Å². The zero-order valence-corrected chi connectivity index (χ0v) is 12.4. The number of halogens is 1. The summed E-state index contributed by atoms with van der Waals surface area (Å²) in [6.07, 6.45) is 3.09. The first-order valence-electron chi connectivity index (χ1n) is 5.76. The number of nitriles is 1. The van der Waals surface area contributed by atoms with Crippen LogP contribution in [0.5, 0.6) is 0 Å². The second kappa shape index (κ2) is 6.95. The number of hydrogen-bond donors (Lipinski definition) is 1. The van der Waals surface area contributed by atoms with E-state index in [0.717, 1.165) is 21.8 Å². The lowest BCUT2D eigenvalue weighted by molar-refractivity contribution is -0.131. The Kier molecular flexibility index (Phi) is 5.58. The minimum atomic E-state index is -0.972. The average molecular weight is 323 g/mol. The third-order valence-electron chi connectivity index (χ3n) is 2.82. The molecule has 0 bridgehead atoms. The quantitative estimate of drug-likeness (QED) is 0.845. The van der Waals surface area contributed by atoms with Crippen molar-refractivity contribution in [3.8, 4) is 6.07 Å². The van der Waals surface area contributed by atoms with E-state index < -0.39 is 5.97 Å². The molecule has 0 saturated heterocycles. The fourth-order valence-electron chi connectivity index (χ4n) is 1.59. The van der Waals surface area contributed by atoms with E-state index >= 15 is 0 Å². The number of benzene rings is 1. The molecule has 19 heavy (non-hydrogen) atoms. The van der Waals surface area contributed by atoms with E-state index in [1.54, 1.807) is 0 Å². The normalized spacial score (nSPS) is 12.1. The topological polar surface area (TPSA) is 64.3 Å². The molecule has 1 unspecified atom stereocenters. The molecule has 4 nitrogen and oxygen atoms in total. The molecule has 0 radical (unpaired) electrons. The molecule has 0 aliphatic heterocycles. The number of carboxylic acid groups (broad SMARTS) is 1. The van der Waals surface area contributed by atoms with Gasteiger partial charge in [-0.15, -0.1) is 0 Å². The number of carbonyl (C=O) groups is 1. The fraction of sp³-hybridized carbons (Fsp3) is 0.286. The molecule has 0 amide bonds. The lowest BCUT2D eigenvalue weighted by Crippen LogP contribution is -2.28. The standard InChI is InChI=1S/C14H15BrN2O2/c1-10(7-8-16)17(2)13-5-3-11(9-12(13)15)4-6-14(18)19/h3-6,9-10H,7H2,1-2H3,(H,18,19)/b6-4+. The van der Waals surface area contributed by atoms with E-state index in [2.05, 4.69) is 22.0 Å². The first kappa shape index (κ1) is 15.3. The Morgan fingerprint density at radius 1 is 1.63 bits per heavy atom. The van der Waals surface area contributed by atoms with Gasteiger partial charge in [-0.3, -0.25) is 0 Å². The number of carboxylic acids is 1. The summed E-state index contributed by atoms with van der Waals surface area (Å²) in [7, 11) is 1.93. The predicted octanol–water partition coefficient (Wildman–Crippen LogP) is 3.29. The molecule has 0 heterocycles. The van der Waals surface area contributed by atoms with Gasteiger partial charge in [-0.1, -0.05) is 6.07 Å². The van der Waals surface area contributed by atoms with Gasteiger partial charge in [0.2, 0.25) is 0 Å². The molecule has 0 aliphatic carbocycles. The third kappa shape index (κ3) is 4.42. The summed E-state index contributed by atoms with van der Waals surface area (Å²) in [6.45, 7) is 1.98. The SMILES string of the molecule is CC(CC#N)N(C)c1ccc(/C=C/C(=O)O)cc1Br. The molecule has 1 atom stereocenters. The van der Waals surface area contributed by atoms with Gasteiger partial charge < -0.3 is 10.0 Å². The van der Waals surface area contributed by atoms with E-state index in [0.29, 0.717) is 6.42 Å². The van der Waals surface area contributed by atoms with Gasteiger partial charge in [-0.25, -0.2) is 4.79 Å². The molecule has 1 aromatic carbocycles. The maximum absolute atomic E-state index is 10.5. The van der Waals surface area contributed by atoms with Crippen molar-refractivity contribution in [1.82, 2.24) is 0 Å². The highest BCUT2D eigenvalue weighted by Crippen LogP contribution is 2.28. The van der Waals surface area contributed by atoms with Crippen LogP contribution in [-0.4, -0.2) is 24.2 Å². The summed E-state index contributed by atoms with van der Waals surface area (Å²) in [6, 6.07) is 7.86. The van der Waals surface area contributed by atoms with Crippen molar-refractivity contribution in [2.45, 2.75) is 19.4 Å². The summed E-state index contributed by atoms with van der Waals surface area (Å²) in [4.78, 5) is 12.5. The number of anilines is 1. The van der Waals surface area contributed by atoms with Crippen molar-refractivity contribution < 1.29 is 9.90 Å². The molecule has 0 aromatic heterocycles. The number of nitrogens with zero attached hydrogens (tertiary/aromatic N) is 2. The highest BCUT2D eigenvalue weighted by molar-refractivity contribution is 9.10. The zero-order chi connectivity index (χ0) is 14.4. The van der Waals surface area contributed by atoms with Gasteiger partial charge >= 0.3 is 5.97 Å². The highest BCUT2D eigenvalue weighted by atomic mass is 79.9. The van der Waals surface area contributed by atoms with Crippen LogP contribution in [0.1, 0.15) is 18.9 Å². The van der Waals surface area contributed by atoms with Gasteiger partial charge in [-0.05, 0) is 46.6 Å². The van der Waals surface area contributed by atoms with Crippen LogP contribution in [0.4, 0.5) is 5.69 Å². The molecule has 0 aliphatic rings. The van der Waals surface area contributed by atoms with Crippen LogP contribution < -0.4 is 4.90 Å². The first-order chi connectivity index (χ1) is 8.95. The molecule has 0 spiro atoms.